The van der Waals surface area contributed by atoms with Gasteiger partial charge in [0.15, 0.2) is 0 Å². The molecule has 0 heterocycles. The smallest absolute Gasteiger partial charge is 0.119 e. The Morgan fingerprint density at radius 1 is 1.15 bits per heavy atom. The van der Waals surface area contributed by atoms with E-state index < -0.39 is 0 Å². The van der Waals surface area contributed by atoms with Gasteiger partial charge in [-0.15, -0.1) is 0 Å². The van der Waals surface area contributed by atoms with Crippen LogP contribution in [0.2, 0.25) is 0 Å². The SMILES string of the molecule is CCOc1ccc(CNCC2(CO)CCCCC2)cc1. The Balaban J connectivity index is 1.79. The molecular formula is C17H27NO2. The van der Waals surface area contributed by atoms with E-state index in [0.717, 1.165) is 31.7 Å². The minimum Gasteiger partial charge on any atom is -0.494 e. The first-order valence-electron chi connectivity index (χ1n) is 7.81. The maximum atomic E-state index is 9.68. The van der Waals surface area contributed by atoms with Gasteiger partial charge in [-0.2, -0.15) is 0 Å². The number of hydrogen-bond acceptors (Lipinski definition) is 3. The fourth-order valence-electron chi connectivity index (χ4n) is 3.03. The molecule has 112 valence electrons. The molecule has 0 bridgehead atoms. The lowest BCUT2D eigenvalue weighted by Gasteiger charge is -2.35. The van der Waals surface area contributed by atoms with Crippen LogP contribution in [-0.4, -0.2) is 24.9 Å². The van der Waals surface area contributed by atoms with E-state index in [1.807, 2.05) is 19.1 Å². The monoisotopic (exact) mass is 277 g/mol. The molecule has 3 heteroatoms. The Bertz CT molecular complexity index is 382. The highest BCUT2D eigenvalue weighted by molar-refractivity contribution is 5.27. The van der Waals surface area contributed by atoms with Gasteiger partial charge in [0.05, 0.1) is 6.61 Å². The molecule has 0 aliphatic heterocycles. The van der Waals surface area contributed by atoms with Crippen LogP contribution in [0, 0.1) is 5.41 Å². The highest BCUT2D eigenvalue weighted by atomic mass is 16.5. The van der Waals surface area contributed by atoms with E-state index in [-0.39, 0.29) is 5.41 Å². The normalized spacial score (nSPS) is 17.9. The highest BCUT2D eigenvalue weighted by Crippen LogP contribution is 2.35. The van der Waals surface area contributed by atoms with Gasteiger partial charge in [-0.3, -0.25) is 0 Å². The summed E-state index contributed by atoms with van der Waals surface area (Å²) in [5, 5.41) is 13.2. The molecule has 0 radical (unpaired) electrons. The first-order valence-corrected chi connectivity index (χ1v) is 7.81. The zero-order valence-electron chi connectivity index (χ0n) is 12.5. The van der Waals surface area contributed by atoms with Gasteiger partial charge in [0.2, 0.25) is 0 Å². The summed E-state index contributed by atoms with van der Waals surface area (Å²) in [5.41, 5.74) is 1.38. The van der Waals surface area contributed by atoms with Gasteiger partial charge in [0, 0.05) is 25.1 Å². The summed E-state index contributed by atoms with van der Waals surface area (Å²) in [4.78, 5) is 0. The van der Waals surface area contributed by atoms with E-state index in [1.165, 1.54) is 24.8 Å². The lowest BCUT2D eigenvalue weighted by Crippen LogP contribution is -2.38. The average Bonchev–Trinajstić information content (AvgIpc) is 2.50. The van der Waals surface area contributed by atoms with Crippen molar-refractivity contribution in [3.63, 3.8) is 0 Å². The molecule has 2 rings (SSSR count). The molecule has 2 N–H and O–H groups in total. The molecule has 0 atom stereocenters. The summed E-state index contributed by atoms with van der Waals surface area (Å²) < 4.78 is 5.44. The van der Waals surface area contributed by atoms with Crippen LogP contribution in [0.4, 0.5) is 0 Å². The second-order valence-corrected chi connectivity index (χ2v) is 5.90. The number of ether oxygens (including phenoxy) is 1. The number of aliphatic hydroxyl groups is 1. The van der Waals surface area contributed by atoms with Gasteiger partial charge < -0.3 is 15.2 Å². The second kappa shape index (κ2) is 7.65. The highest BCUT2D eigenvalue weighted by Gasteiger charge is 2.30. The van der Waals surface area contributed by atoms with Crippen molar-refractivity contribution in [3.05, 3.63) is 29.8 Å². The predicted molar refractivity (Wildman–Crippen MR) is 81.9 cm³/mol. The molecule has 1 aliphatic rings. The van der Waals surface area contributed by atoms with Gasteiger partial charge in [0.25, 0.3) is 0 Å². The third-order valence-corrected chi connectivity index (χ3v) is 4.31. The van der Waals surface area contributed by atoms with Crippen LogP contribution >= 0.6 is 0 Å². The van der Waals surface area contributed by atoms with Crippen LogP contribution in [0.3, 0.4) is 0 Å². The maximum absolute atomic E-state index is 9.68. The Labute approximate surface area is 122 Å². The van der Waals surface area contributed by atoms with Crippen molar-refractivity contribution in [1.29, 1.82) is 0 Å². The van der Waals surface area contributed by atoms with Crippen LogP contribution in [0.25, 0.3) is 0 Å². The number of benzene rings is 1. The van der Waals surface area contributed by atoms with Crippen molar-refractivity contribution in [2.45, 2.75) is 45.6 Å². The predicted octanol–water partition coefficient (Wildman–Crippen LogP) is 3.12. The van der Waals surface area contributed by atoms with Crippen molar-refractivity contribution in [2.75, 3.05) is 19.8 Å². The maximum Gasteiger partial charge on any atom is 0.119 e. The van der Waals surface area contributed by atoms with Crippen molar-refractivity contribution >= 4 is 0 Å². The number of rotatable bonds is 7. The summed E-state index contributed by atoms with van der Waals surface area (Å²) in [5.74, 6) is 0.926. The molecule has 1 aliphatic carbocycles. The van der Waals surface area contributed by atoms with Crippen molar-refractivity contribution < 1.29 is 9.84 Å². The van der Waals surface area contributed by atoms with E-state index in [4.69, 9.17) is 4.74 Å². The molecular weight excluding hydrogens is 250 g/mol. The lowest BCUT2D eigenvalue weighted by atomic mass is 9.74. The minimum atomic E-state index is 0.115. The summed E-state index contributed by atoms with van der Waals surface area (Å²) in [6.45, 7) is 4.78. The quantitative estimate of drug-likeness (QED) is 0.804. The molecule has 1 aromatic rings. The average molecular weight is 277 g/mol. The fourth-order valence-corrected chi connectivity index (χ4v) is 3.03. The molecule has 0 amide bonds. The van der Waals surface area contributed by atoms with Crippen LogP contribution in [0.1, 0.15) is 44.6 Å². The third kappa shape index (κ3) is 4.22. The molecule has 0 spiro atoms. The molecule has 0 aromatic heterocycles. The second-order valence-electron chi connectivity index (χ2n) is 5.90. The largest absolute Gasteiger partial charge is 0.494 e. The van der Waals surface area contributed by atoms with Gasteiger partial charge in [-0.1, -0.05) is 31.4 Å². The van der Waals surface area contributed by atoms with Crippen molar-refractivity contribution in [2.24, 2.45) is 5.41 Å². The summed E-state index contributed by atoms with van der Waals surface area (Å²) >= 11 is 0. The fraction of sp³-hybridized carbons (Fsp3) is 0.647. The Morgan fingerprint density at radius 3 is 2.45 bits per heavy atom. The molecule has 1 saturated carbocycles. The Kier molecular flexibility index (Phi) is 5.86. The standard InChI is InChI=1S/C17H27NO2/c1-2-20-16-8-6-15(7-9-16)12-18-13-17(14-19)10-4-3-5-11-17/h6-9,18-19H,2-5,10-14H2,1H3. The van der Waals surface area contributed by atoms with Gasteiger partial charge >= 0.3 is 0 Å². The first kappa shape index (κ1) is 15.3. The molecule has 1 aromatic carbocycles. The molecule has 1 fully saturated rings. The van der Waals surface area contributed by atoms with E-state index in [1.54, 1.807) is 0 Å². The van der Waals surface area contributed by atoms with E-state index in [2.05, 4.69) is 17.4 Å². The van der Waals surface area contributed by atoms with Crippen molar-refractivity contribution in [1.82, 2.24) is 5.32 Å². The molecule has 0 saturated heterocycles. The summed E-state index contributed by atoms with van der Waals surface area (Å²) in [6.07, 6.45) is 6.14. The van der Waals surface area contributed by atoms with Crippen LogP contribution in [-0.2, 0) is 6.54 Å². The van der Waals surface area contributed by atoms with Gasteiger partial charge in [-0.25, -0.2) is 0 Å². The van der Waals surface area contributed by atoms with Gasteiger partial charge in [0.1, 0.15) is 5.75 Å². The van der Waals surface area contributed by atoms with E-state index in [0.29, 0.717) is 13.2 Å². The summed E-state index contributed by atoms with van der Waals surface area (Å²) in [7, 11) is 0. The molecule has 3 nitrogen and oxygen atoms in total. The Morgan fingerprint density at radius 2 is 1.85 bits per heavy atom. The Hall–Kier alpha value is -1.06. The lowest BCUT2D eigenvalue weighted by molar-refractivity contribution is 0.0810. The summed E-state index contributed by atoms with van der Waals surface area (Å²) in [6, 6.07) is 8.24. The molecule has 0 unspecified atom stereocenters. The number of hydrogen-bond donors (Lipinski definition) is 2. The zero-order valence-corrected chi connectivity index (χ0v) is 12.5. The third-order valence-electron chi connectivity index (χ3n) is 4.31. The zero-order chi connectivity index (χ0) is 14.3. The van der Waals surface area contributed by atoms with Gasteiger partial charge in [-0.05, 0) is 37.5 Å². The van der Waals surface area contributed by atoms with E-state index >= 15 is 0 Å². The van der Waals surface area contributed by atoms with Crippen LogP contribution in [0.15, 0.2) is 24.3 Å². The van der Waals surface area contributed by atoms with Crippen LogP contribution < -0.4 is 10.1 Å². The van der Waals surface area contributed by atoms with Crippen molar-refractivity contribution in [3.8, 4) is 5.75 Å². The number of nitrogens with one attached hydrogen (secondary N) is 1. The number of aliphatic hydroxyl groups excluding tert-OH is 1. The first-order chi connectivity index (χ1) is 9.78. The van der Waals surface area contributed by atoms with Crippen LogP contribution in [0.5, 0.6) is 5.75 Å². The molecule has 20 heavy (non-hydrogen) atoms. The topological polar surface area (TPSA) is 41.5 Å². The van der Waals surface area contributed by atoms with E-state index in [9.17, 15) is 5.11 Å². The minimum absolute atomic E-state index is 0.115.